The summed E-state index contributed by atoms with van der Waals surface area (Å²) in [7, 11) is 1.90. The van der Waals surface area contributed by atoms with E-state index in [-0.39, 0.29) is 24.0 Å². The third kappa shape index (κ3) is 4.91. The number of hydrogen-bond acceptors (Lipinski definition) is 3. The SMILES string of the molecule is CN=C(NCCc1nc2ccccc2[nH]1)N1CCSC2(CCCCC2)C1.I. The van der Waals surface area contributed by atoms with Gasteiger partial charge < -0.3 is 15.2 Å². The van der Waals surface area contributed by atoms with Crippen molar-refractivity contribution >= 4 is 52.7 Å². The van der Waals surface area contributed by atoms with E-state index in [9.17, 15) is 0 Å². The zero-order chi connectivity index (χ0) is 17.8. The average molecular weight is 499 g/mol. The number of thioether (sulfide) groups is 1. The number of aliphatic imine (C=N–C) groups is 1. The zero-order valence-corrected chi connectivity index (χ0v) is 19.2. The molecule has 2 heterocycles. The molecule has 2 aromatic rings. The van der Waals surface area contributed by atoms with Crippen molar-refractivity contribution in [1.82, 2.24) is 20.2 Å². The van der Waals surface area contributed by atoms with E-state index in [0.29, 0.717) is 4.75 Å². The second-order valence-corrected chi connectivity index (χ2v) is 9.00. The second-order valence-electron chi connectivity index (χ2n) is 7.44. The zero-order valence-electron chi connectivity index (χ0n) is 16.0. The number of benzene rings is 1. The number of nitrogens with zero attached hydrogens (tertiary/aromatic N) is 3. The standard InChI is InChI=1S/C20H29N5S.HI/c1-21-19(25-13-14-26-20(15-25)10-5-2-6-11-20)22-12-9-18-23-16-7-3-4-8-17(16)24-18;/h3-4,7-8H,2,5-6,9-15H2,1H3,(H,21,22)(H,23,24);1H. The summed E-state index contributed by atoms with van der Waals surface area (Å²) in [6.45, 7) is 3.09. The first-order valence-corrected chi connectivity index (χ1v) is 10.8. The molecule has 0 radical (unpaired) electrons. The molecule has 0 amide bonds. The average Bonchev–Trinajstić information content (AvgIpc) is 3.09. The highest BCUT2D eigenvalue weighted by Gasteiger charge is 2.38. The Morgan fingerprint density at radius 2 is 2.11 bits per heavy atom. The molecule has 27 heavy (non-hydrogen) atoms. The van der Waals surface area contributed by atoms with Crippen LogP contribution in [0.5, 0.6) is 0 Å². The minimum atomic E-state index is 0. The fourth-order valence-electron chi connectivity index (χ4n) is 4.27. The Kier molecular flexibility index (Phi) is 7.30. The van der Waals surface area contributed by atoms with Gasteiger partial charge in [0.2, 0.25) is 0 Å². The molecule has 4 rings (SSSR count). The Morgan fingerprint density at radius 3 is 2.89 bits per heavy atom. The molecule has 1 spiro atoms. The molecule has 2 aliphatic rings. The maximum atomic E-state index is 4.66. The molecular formula is C20H30IN5S. The molecule has 1 aliphatic heterocycles. The van der Waals surface area contributed by atoms with Crippen molar-refractivity contribution in [3.8, 4) is 0 Å². The van der Waals surface area contributed by atoms with E-state index < -0.39 is 0 Å². The van der Waals surface area contributed by atoms with Crippen molar-refractivity contribution in [1.29, 1.82) is 0 Å². The normalized spacial score (nSPS) is 19.9. The first-order chi connectivity index (χ1) is 12.8. The third-order valence-electron chi connectivity index (χ3n) is 5.61. The molecule has 0 atom stereocenters. The largest absolute Gasteiger partial charge is 0.356 e. The Labute approximate surface area is 183 Å². The lowest BCUT2D eigenvalue weighted by atomic mass is 9.87. The lowest BCUT2D eigenvalue weighted by Gasteiger charge is -2.45. The van der Waals surface area contributed by atoms with Crippen LogP contribution in [0.1, 0.15) is 37.9 Å². The number of nitrogens with one attached hydrogen (secondary N) is 2. The highest BCUT2D eigenvalue weighted by atomic mass is 127. The van der Waals surface area contributed by atoms with E-state index in [2.05, 4.69) is 49.1 Å². The van der Waals surface area contributed by atoms with E-state index in [1.165, 1.54) is 37.9 Å². The summed E-state index contributed by atoms with van der Waals surface area (Å²) >= 11 is 2.20. The molecular weight excluding hydrogens is 469 g/mol. The highest BCUT2D eigenvalue weighted by Crippen LogP contribution is 2.42. The number of hydrogen-bond donors (Lipinski definition) is 2. The van der Waals surface area contributed by atoms with E-state index in [0.717, 1.165) is 48.9 Å². The monoisotopic (exact) mass is 499 g/mol. The van der Waals surface area contributed by atoms with Crippen LogP contribution in [0.3, 0.4) is 0 Å². The number of H-pyrrole nitrogens is 1. The Bertz CT molecular complexity index is 730. The van der Waals surface area contributed by atoms with E-state index in [1.807, 2.05) is 19.2 Å². The summed E-state index contributed by atoms with van der Waals surface area (Å²) in [5.41, 5.74) is 2.15. The van der Waals surface area contributed by atoms with E-state index in [4.69, 9.17) is 0 Å². The summed E-state index contributed by atoms with van der Waals surface area (Å²) in [5.74, 6) is 3.29. The van der Waals surface area contributed by atoms with Gasteiger partial charge in [-0.05, 0) is 25.0 Å². The van der Waals surface area contributed by atoms with Crippen LogP contribution < -0.4 is 5.32 Å². The number of fused-ring (bicyclic) bond motifs is 1. The van der Waals surface area contributed by atoms with Crippen molar-refractivity contribution in [3.63, 3.8) is 0 Å². The predicted octanol–water partition coefficient (Wildman–Crippen LogP) is 4.05. The fourth-order valence-corrected chi connectivity index (χ4v) is 5.84. The van der Waals surface area contributed by atoms with Gasteiger partial charge >= 0.3 is 0 Å². The van der Waals surface area contributed by atoms with Crippen LogP contribution in [0.2, 0.25) is 0 Å². The highest BCUT2D eigenvalue weighted by molar-refractivity contribution is 14.0. The molecule has 7 heteroatoms. The smallest absolute Gasteiger partial charge is 0.193 e. The topological polar surface area (TPSA) is 56.3 Å². The van der Waals surface area contributed by atoms with Gasteiger partial charge in [-0.2, -0.15) is 11.8 Å². The lowest BCUT2D eigenvalue weighted by Crippen LogP contribution is -2.53. The van der Waals surface area contributed by atoms with Gasteiger partial charge in [0, 0.05) is 43.6 Å². The van der Waals surface area contributed by atoms with Crippen molar-refractivity contribution in [2.45, 2.75) is 43.3 Å². The van der Waals surface area contributed by atoms with Crippen LogP contribution in [0.25, 0.3) is 11.0 Å². The molecule has 2 fully saturated rings. The van der Waals surface area contributed by atoms with E-state index >= 15 is 0 Å². The maximum Gasteiger partial charge on any atom is 0.193 e. The van der Waals surface area contributed by atoms with Crippen LogP contribution in [-0.4, -0.2) is 58.0 Å². The third-order valence-corrected chi connectivity index (χ3v) is 7.14. The number of para-hydroxylation sites is 2. The van der Waals surface area contributed by atoms with Gasteiger partial charge in [-0.25, -0.2) is 4.98 Å². The summed E-state index contributed by atoms with van der Waals surface area (Å²) in [5, 5.41) is 3.56. The van der Waals surface area contributed by atoms with Crippen molar-refractivity contribution in [2.75, 3.05) is 32.4 Å². The Balaban J connectivity index is 0.00000210. The molecule has 0 bridgehead atoms. The summed E-state index contributed by atoms with van der Waals surface area (Å²) in [6.07, 6.45) is 7.79. The minimum Gasteiger partial charge on any atom is -0.356 e. The lowest BCUT2D eigenvalue weighted by molar-refractivity contribution is 0.293. The van der Waals surface area contributed by atoms with Gasteiger partial charge in [0.1, 0.15) is 5.82 Å². The van der Waals surface area contributed by atoms with Gasteiger partial charge in [0.25, 0.3) is 0 Å². The molecule has 1 saturated heterocycles. The Hall–Kier alpha value is -0.960. The molecule has 1 aliphatic carbocycles. The van der Waals surface area contributed by atoms with Gasteiger partial charge in [-0.1, -0.05) is 31.4 Å². The maximum absolute atomic E-state index is 4.66. The van der Waals surface area contributed by atoms with Crippen molar-refractivity contribution < 1.29 is 0 Å². The molecule has 5 nitrogen and oxygen atoms in total. The van der Waals surface area contributed by atoms with Crippen LogP contribution in [0.15, 0.2) is 29.3 Å². The quantitative estimate of drug-likeness (QED) is 0.380. The Morgan fingerprint density at radius 1 is 1.30 bits per heavy atom. The molecule has 0 unspecified atom stereocenters. The van der Waals surface area contributed by atoms with Gasteiger partial charge in [-0.3, -0.25) is 4.99 Å². The number of aromatic amines is 1. The van der Waals surface area contributed by atoms with Crippen LogP contribution in [-0.2, 0) is 6.42 Å². The summed E-state index contributed by atoms with van der Waals surface area (Å²) in [6, 6.07) is 8.20. The number of guanidine groups is 1. The van der Waals surface area contributed by atoms with Crippen molar-refractivity contribution in [3.05, 3.63) is 30.1 Å². The van der Waals surface area contributed by atoms with Crippen LogP contribution in [0.4, 0.5) is 0 Å². The first-order valence-electron chi connectivity index (χ1n) is 9.81. The van der Waals surface area contributed by atoms with Crippen LogP contribution >= 0.6 is 35.7 Å². The van der Waals surface area contributed by atoms with E-state index in [1.54, 1.807) is 0 Å². The number of imidazole rings is 1. The molecule has 1 aromatic carbocycles. The number of halogens is 1. The second kappa shape index (κ2) is 9.49. The minimum absolute atomic E-state index is 0. The first kappa shape index (κ1) is 20.8. The van der Waals surface area contributed by atoms with Crippen molar-refractivity contribution in [2.24, 2.45) is 4.99 Å². The van der Waals surface area contributed by atoms with Gasteiger partial charge in [-0.15, -0.1) is 24.0 Å². The van der Waals surface area contributed by atoms with Gasteiger partial charge in [0.15, 0.2) is 5.96 Å². The van der Waals surface area contributed by atoms with Crippen LogP contribution in [0, 0.1) is 0 Å². The molecule has 148 valence electrons. The number of rotatable bonds is 3. The number of aromatic nitrogens is 2. The van der Waals surface area contributed by atoms with Gasteiger partial charge in [0.05, 0.1) is 11.0 Å². The fraction of sp³-hybridized carbons (Fsp3) is 0.600. The molecule has 2 N–H and O–H groups in total. The molecule has 1 saturated carbocycles. The summed E-state index contributed by atoms with van der Waals surface area (Å²) < 4.78 is 0.465. The predicted molar refractivity (Wildman–Crippen MR) is 126 cm³/mol. The molecule has 1 aromatic heterocycles. The summed E-state index contributed by atoms with van der Waals surface area (Å²) in [4.78, 5) is 15.1.